The number of nitrogens with one attached hydrogen (secondary N) is 5. The smallest absolute Gasteiger partial charge is 0.407 e. The first-order chi connectivity index (χ1) is 30.4. The molecule has 9 rings (SSSR count). The summed E-state index contributed by atoms with van der Waals surface area (Å²) in [7, 11) is 2.61. The van der Waals surface area contributed by atoms with Crippen LogP contribution in [-0.4, -0.2) is 95.7 Å². The van der Waals surface area contributed by atoms with Gasteiger partial charge in [-0.1, -0.05) is 64.1 Å². The third-order valence-corrected chi connectivity index (χ3v) is 13.9. The van der Waals surface area contributed by atoms with Crippen molar-refractivity contribution in [3.8, 4) is 22.4 Å². The Bertz CT molecular complexity index is 2530. The Morgan fingerprint density at radius 2 is 1.48 bits per heavy atom. The molecule has 4 bridgehead atoms. The fourth-order valence-electron chi connectivity index (χ4n) is 10.7. The van der Waals surface area contributed by atoms with Gasteiger partial charge in [0.2, 0.25) is 11.8 Å². The van der Waals surface area contributed by atoms with Crippen molar-refractivity contribution >= 4 is 51.7 Å². The highest BCUT2D eigenvalue weighted by atomic mass is 16.5. The maximum atomic E-state index is 14.0. The molecule has 63 heavy (non-hydrogen) atoms. The highest BCUT2D eigenvalue weighted by molar-refractivity contribution is 6.24. The number of H-pyrrole nitrogens is 1. The number of carbonyl (C=O) groups is 4. The van der Waals surface area contributed by atoms with Crippen molar-refractivity contribution in [3.63, 3.8) is 0 Å². The number of likely N-dealkylation sites (tertiary alicyclic amines) is 1. The van der Waals surface area contributed by atoms with E-state index in [0.717, 1.165) is 106 Å². The molecule has 2 aliphatic carbocycles. The zero-order valence-corrected chi connectivity index (χ0v) is 36.8. The number of carbonyl (C=O) groups excluding carboxylic acids is 4. The van der Waals surface area contributed by atoms with E-state index in [-0.39, 0.29) is 47.9 Å². The lowest BCUT2D eigenvalue weighted by Gasteiger charge is -2.37. The number of methoxy groups -OCH3 is 2. The highest BCUT2D eigenvalue weighted by Gasteiger charge is 2.51. The maximum Gasteiger partial charge on any atom is 0.407 e. The predicted molar refractivity (Wildman–Crippen MR) is 239 cm³/mol. The molecule has 0 spiro atoms. The van der Waals surface area contributed by atoms with Gasteiger partial charge in [0.05, 0.1) is 37.9 Å². The molecule has 8 unspecified atom stereocenters. The number of fused-ring (bicyclic) bond motifs is 7. The van der Waals surface area contributed by atoms with Crippen LogP contribution in [0.5, 0.6) is 0 Å². The van der Waals surface area contributed by atoms with Crippen molar-refractivity contribution < 1.29 is 33.1 Å². The van der Waals surface area contributed by atoms with Crippen LogP contribution in [0.25, 0.3) is 44.3 Å². The summed E-state index contributed by atoms with van der Waals surface area (Å²) in [6.45, 7) is 8.33. The van der Waals surface area contributed by atoms with E-state index in [1.807, 2.05) is 50.9 Å². The van der Waals surface area contributed by atoms with Crippen molar-refractivity contribution in [2.45, 2.75) is 109 Å². The normalized spacial score (nSPS) is 24.1. The number of aromatic amines is 1. The van der Waals surface area contributed by atoms with Gasteiger partial charge in [-0.3, -0.25) is 19.9 Å². The summed E-state index contributed by atoms with van der Waals surface area (Å²) < 4.78 is 15.9. The number of imidazole rings is 1. The topological polar surface area (TPSA) is 192 Å². The fraction of sp³-hybridized carbons (Fsp3) is 0.500. The van der Waals surface area contributed by atoms with Crippen molar-refractivity contribution in [1.82, 2.24) is 36.1 Å². The van der Waals surface area contributed by atoms with E-state index in [1.54, 1.807) is 0 Å². The first kappa shape index (κ1) is 42.3. The Balaban J connectivity index is 0.885. The Kier molecular flexibility index (Phi) is 11.6. The summed E-state index contributed by atoms with van der Waals surface area (Å²) in [5, 5.41) is 14.4. The molecule has 0 radical (unpaired) electrons. The molecule has 4 amide bonds. The van der Waals surface area contributed by atoms with E-state index in [4.69, 9.17) is 23.9 Å². The zero-order valence-electron chi connectivity index (χ0n) is 36.8. The molecule has 2 saturated carbocycles. The summed E-state index contributed by atoms with van der Waals surface area (Å²) >= 11 is 0. The number of hydrogen-bond acceptors (Lipinski definition) is 10. The van der Waals surface area contributed by atoms with Crippen LogP contribution in [-0.2, 0) is 19.1 Å². The number of benzene rings is 3. The first-order valence-corrected chi connectivity index (χ1v) is 22.5. The molecule has 15 nitrogen and oxygen atoms in total. The number of aromatic nitrogens is 2. The zero-order chi connectivity index (χ0) is 44.1. The molecule has 1 saturated heterocycles. The number of piperidine rings is 1. The van der Waals surface area contributed by atoms with Gasteiger partial charge in [0, 0.05) is 35.0 Å². The van der Waals surface area contributed by atoms with Gasteiger partial charge in [0.25, 0.3) is 0 Å². The van der Waals surface area contributed by atoms with Crippen LogP contribution >= 0.6 is 0 Å². The van der Waals surface area contributed by atoms with Gasteiger partial charge in [-0.25, -0.2) is 14.6 Å². The summed E-state index contributed by atoms with van der Waals surface area (Å²) in [5.41, 5.74) is 7.78. The first-order valence-electron chi connectivity index (χ1n) is 22.5. The SMILES string of the molecule is COC(=O)NC(C(=O)NC1CCC(CC2N=C(c3ccc(-c4ccc(-c5cnc(C6C7CCC(C7)N6C(=O)C(NC(=O)OC)C(C)C)[nH]5)cc4)c4c5ccc(o5)c34)CN2)C1)C(C)C. The molecule has 5 aromatic rings. The monoisotopic (exact) mass is 858 g/mol. The molecule has 3 aromatic heterocycles. The van der Waals surface area contributed by atoms with Crippen LogP contribution < -0.4 is 21.3 Å². The number of amides is 4. The highest BCUT2D eigenvalue weighted by Crippen LogP contribution is 2.50. The lowest BCUT2D eigenvalue weighted by atomic mass is 9.93. The van der Waals surface area contributed by atoms with Crippen molar-refractivity contribution in [3.05, 3.63) is 66.1 Å². The van der Waals surface area contributed by atoms with Crippen LogP contribution in [0.3, 0.4) is 0 Å². The van der Waals surface area contributed by atoms with E-state index < -0.39 is 24.3 Å². The van der Waals surface area contributed by atoms with Crippen LogP contribution in [0.1, 0.15) is 90.1 Å². The van der Waals surface area contributed by atoms with Crippen LogP contribution in [0.2, 0.25) is 0 Å². The maximum absolute atomic E-state index is 14.0. The van der Waals surface area contributed by atoms with Crippen molar-refractivity contribution in [1.29, 1.82) is 0 Å². The molecular formula is C48H58N8O7. The number of aliphatic imine (C=N–C) groups is 1. The van der Waals surface area contributed by atoms with Gasteiger partial charge in [0.15, 0.2) is 0 Å². The average molecular weight is 859 g/mol. The fourth-order valence-corrected chi connectivity index (χ4v) is 10.7. The molecular weight excluding hydrogens is 801 g/mol. The number of hydrogen-bond donors (Lipinski definition) is 5. The Morgan fingerprint density at radius 1 is 0.810 bits per heavy atom. The minimum absolute atomic E-state index is 0.0182. The quantitative estimate of drug-likeness (QED) is 0.0809. The summed E-state index contributed by atoms with van der Waals surface area (Å²) in [5.74, 6) is 1.04. The van der Waals surface area contributed by atoms with Gasteiger partial charge in [-0.05, 0) is 97.4 Å². The van der Waals surface area contributed by atoms with Crippen LogP contribution in [0.4, 0.5) is 9.59 Å². The van der Waals surface area contributed by atoms with Gasteiger partial charge in [0.1, 0.15) is 35.2 Å². The van der Waals surface area contributed by atoms with E-state index in [1.165, 1.54) is 14.2 Å². The third-order valence-electron chi connectivity index (χ3n) is 13.9. The Morgan fingerprint density at radius 3 is 2.17 bits per heavy atom. The summed E-state index contributed by atoms with van der Waals surface area (Å²) in [6.07, 6.45) is 7.17. The summed E-state index contributed by atoms with van der Waals surface area (Å²) in [4.78, 5) is 66.7. The van der Waals surface area contributed by atoms with Gasteiger partial charge in [-0.15, -0.1) is 0 Å². The average Bonchev–Trinajstić information content (AvgIpc) is 4.15. The second kappa shape index (κ2) is 17.3. The standard InChI is InChI=1S/C48H58N8O7/c1-24(2)41(54-47(59)61-5)45(57)51-30-13-7-26(19-30)20-38-49-23-35(52-38)33-16-15-32(39-36-17-18-37(63-36)40(33)39)27-8-10-28(11-9-27)34-22-50-44(53-34)43-29-12-14-31(21-29)56(43)46(58)42(25(3)4)55-48(60)62-6/h8-11,15-18,22,24-26,29-31,38,41-43,49H,7,12-14,19-21,23H2,1-6H3,(H,50,53)(H,51,57)(H,54,59)(H,55,60). The number of rotatable bonds is 13. The van der Waals surface area contributed by atoms with E-state index >= 15 is 0 Å². The molecule has 4 aliphatic rings. The predicted octanol–water partition coefficient (Wildman–Crippen LogP) is 7.29. The number of furan rings is 2. The second-order valence-corrected chi connectivity index (χ2v) is 18.6. The summed E-state index contributed by atoms with van der Waals surface area (Å²) in [6, 6.07) is 15.5. The molecule has 5 N–H and O–H groups in total. The van der Waals surface area contributed by atoms with Crippen LogP contribution in [0.15, 0.2) is 64.1 Å². The van der Waals surface area contributed by atoms with E-state index in [2.05, 4.69) is 62.6 Å². The van der Waals surface area contributed by atoms with Gasteiger partial charge < -0.3 is 39.7 Å². The minimum atomic E-state index is -0.688. The van der Waals surface area contributed by atoms with Gasteiger partial charge >= 0.3 is 12.2 Å². The van der Waals surface area contributed by atoms with Gasteiger partial charge in [-0.2, -0.15) is 0 Å². The third kappa shape index (κ3) is 8.11. The van der Waals surface area contributed by atoms with E-state index in [9.17, 15) is 19.2 Å². The van der Waals surface area contributed by atoms with Crippen LogP contribution in [0, 0.1) is 23.7 Å². The lowest BCUT2D eigenvalue weighted by Crippen LogP contribution is -2.54. The molecule has 5 heterocycles. The van der Waals surface area contributed by atoms with Crippen molar-refractivity contribution in [2.75, 3.05) is 20.8 Å². The Hall–Kier alpha value is -5.96. The number of alkyl carbamates (subject to hydrolysis) is 2. The molecule has 2 aromatic carbocycles. The largest absolute Gasteiger partial charge is 0.456 e. The minimum Gasteiger partial charge on any atom is -0.456 e. The lowest BCUT2D eigenvalue weighted by molar-refractivity contribution is -0.139. The van der Waals surface area contributed by atoms with E-state index in [0.29, 0.717) is 18.4 Å². The molecule has 8 atom stereocenters. The number of ether oxygens (including phenoxy) is 2. The molecule has 15 heteroatoms. The Labute approximate surface area is 366 Å². The molecule has 3 fully saturated rings. The molecule has 332 valence electrons. The molecule has 2 aliphatic heterocycles. The second-order valence-electron chi connectivity index (χ2n) is 18.6. The van der Waals surface area contributed by atoms with Crippen molar-refractivity contribution in [2.24, 2.45) is 28.7 Å². The number of nitrogens with zero attached hydrogens (tertiary/aromatic N) is 3.